The van der Waals surface area contributed by atoms with Crippen molar-refractivity contribution in [2.24, 2.45) is 16.7 Å². The zero-order chi connectivity index (χ0) is 30.8. The number of nitrogens with zero attached hydrogens (tertiary/aromatic N) is 1. The second kappa shape index (κ2) is 12.9. The normalized spacial score (nSPS) is 30.0. The van der Waals surface area contributed by atoms with Gasteiger partial charge in [-0.3, -0.25) is 9.69 Å². The van der Waals surface area contributed by atoms with Gasteiger partial charge < -0.3 is 30.0 Å². The number of carbonyl (C=O) groups excluding carboxylic acids is 2. The smallest absolute Gasteiger partial charge is 0.325 e. The number of amides is 2. The van der Waals surface area contributed by atoms with Gasteiger partial charge in [0.25, 0.3) is 0 Å². The van der Waals surface area contributed by atoms with Crippen molar-refractivity contribution in [2.45, 2.75) is 85.0 Å². The summed E-state index contributed by atoms with van der Waals surface area (Å²) in [5.74, 6) is -0.402. The molecule has 2 saturated heterocycles. The van der Waals surface area contributed by atoms with Crippen LogP contribution in [0.4, 0.5) is 10.5 Å². The fourth-order valence-electron chi connectivity index (χ4n) is 7.65. The molecule has 6 atom stereocenters. The van der Waals surface area contributed by atoms with Crippen LogP contribution in [0.2, 0.25) is 0 Å². The largest absolute Gasteiger partial charge is 0.465 e. The van der Waals surface area contributed by atoms with Gasteiger partial charge in [-0.15, -0.1) is 0 Å². The van der Waals surface area contributed by atoms with Gasteiger partial charge in [0.05, 0.1) is 25.4 Å². The molecule has 43 heavy (non-hydrogen) atoms. The molecular formula is C34H47N3O6. The highest BCUT2D eigenvalue weighted by atomic mass is 16.7. The lowest BCUT2D eigenvalue weighted by molar-refractivity contribution is -0.276. The van der Waals surface area contributed by atoms with Crippen molar-refractivity contribution in [2.75, 3.05) is 31.6 Å². The molecule has 2 aliphatic heterocycles. The molecule has 0 aromatic heterocycles. The van der Waals surface area contributed by atoms with E-state index in [4.69, 9.17) is 14.2 Å². The molecule has 0 radical (unpaired) electrons. The second-order valence-electron chi connectivity index (χ2n) is 13.7. The fourth-order valence-corrected chi connectivity index (χ4v) is 7.65. The minimum Gasteiger partial charge on any atom is -0.465 e. The molecule has 5 rings (SSSR count). The van der Waals surface area contributed by atoms with Crippen LogP contribution in [-0.2, 0) is 25.6 Å². The Bertz CT molecular complexity index is 1280. The van der Waals surface area contributed by atoms with Gasteiger partial charge >= 0.3 is 12.0 Å². The topological polar surface area (TPSA) is 109 Å². The number of esters is 1. The zero-order valence-corrected chi connectivity index (χ0v) is 26.1. The molecule has 1 aliphatic carbocycles. The monoisotopic (exact) mass is 593 g/mol. The molecule has 2 bridgehead atoms. The van der Waals surface area contributed by atoms with Crippen LogP contribution in [-0.4, -0.2) is 60.4 Å². The van der Waals surface area contributed by atoms with Crippen LogP contribution >= 0.6 is 0 Å². The number of hydrogen-bond donors (Lipinski definition) is 3. The van der Waals surface area contributed by atoms with E-state index in [1.807, 2.05) is 42.5 Å². The third kappa shape index (κ3) is 7.58. The Morgan fingerprint density at radius 3 is 2.56 bits per heavy atom. The number of ether oxygens (including phenoxy) is 3. The van der Waals surface area contributed by atoms with Gasteiger partial charge in [0.15, 0.2) is 6.29 Å². The SMILES string of the molecule is CCOC(=O)CNC(=O)Nc1cccc([C@@H]2O[C@H](CN3CC4(C)CC3CC(C)(C)C4)[C@H](C)[C@H](c3ccc(CO)cc3)O2)c1. The maximum absolute atomic E-state index is 12.4. The Kier molecular flexibility index (Phi) is 9.46. The Balaban J connectivity index is 1.35. The standard InChI is InChI=1S/C34H47N3O6/c1-6-41-29(39)17-35-32(40)36-26-9-7-8-25(14-26)31-42-28(18-37-21-34(5)16-27(37)15-33(3,4)20-34)22(2)30(43-31)24-12-10-23(19-38)11-13-24/h7-14,22,27-28,30-31,38H,6,15-21H2,1-5H3,(H2,35,36,40)/t22-,27?,28+,30+,31+,34?/m0/s1. The molecule has 9 nitrogen and oxygen atoms in total. The van der Waals surface area contributed by atoms with Crippen molar-refractivity contribution in [1.29, 1.82) is 0 Å². The van der Waals surface area contributed by atoms with E-state index >= 15 is 0 Å². The molecule has 2 amide bonds. The van der Waals surface area contributed by atoms with Crippen LogP contribution in [0.5, 0.6) is 0 Å². The molecule has 1 saturated carbocycles. The number of aliphatic hydroxyl groups is 1. The molecule has 3 fully saturated rings. The van der Waals surface area contributed by atoms with E-state index in [0.29, 0.717) is 22.6 Å². The number of anilines is 1. The van der Waals surface area contributed by atoms with Crippen molar-refractivity contribution < 1.29 is 28.9 Å². The molecular weight excluding hydrogens is 546 g/mol. The quantitative estimate of drug-likeness (QED) is 0.327. The third-order valence-corrected chi connectivity index (χ3v) is 9.18. The van der Waals surface area contributed by atoms with Crippen LogP contribution in [0.25, 0.3) is 0 Å². The summed E-state index contributed by atoms with van der Waals surface area (Å²) in [5.41, 5.74) is 3.93. The van der Waals surface area contributed by atoms with Gasteiger partial charge in [0.1, 0.15) is 6.54 Å². The predicted molar refractivity (Wildman–Crippen MR) is 164 cm³/mol. The predicted octanol–water partition coefficient (Wildman–Crippen LogP) is 5.56. The summed E-state index contributed by atoms with van der Waals surface area (Å²) in [6.45, 7) is 13.1. The number of hydrogen-bond acceptors (Lipinski definition) is 7. The second-order valence-corrected chi connectivity index (χ2v) is 13.7. The van der Waals surface area contributed by atoms with Crippen LogP contribution < -0.4 is 10.6 Å². The summed E-state index contributed by atoms with van der Waals surface area (Å²) in [7, 11) is 0. The summed E-state index contributed by atoms with van der Waals surface area (Å²) in [6.07, 6.45) is 2.75. The van der Waals surface area contributed by atoms with E-state index in [1.54, 1.807) is 13.0 Å². The van der Waals surface area contributed by atoms with E-state index in [-0.39, 0.29) is 37.9 Å². The Morgan fingerprint density at radius 2 is 1.84 bits per heavy atom. The van der Waals surface area contributed by atoms with Gasteiger partial charge in [-0.2, -0.15) is 0 Å². The first kappa shape index (κ1) is 31.4. The van der Waals surface area contributed by atoms with Crippen molar-refractivity contribution in [3.05, 3.63) is 65.2 Å². The minimum absolute atomic E-state index is 0.00561. The number of rotatable bonds is 9. The number of aliphatic hydroxyl groups excluding tert-OH is 1. The maximum atomic E-state index is 12.4. The summed E-state index contributed by atoms with van der Waals surface area (Å²) < 4.78 is 18.3. The lowest BCUT2D eigenvalue weighted by Gasteiger charge is -2.43. The Labute approximate surface area is 255 Å². The summed E-state index contributed by atoms with van der Waals surface area (Å²) in [4.78, 5) is 26.7. The van der Waals surface area contributed by atoms with Gasteiger partial charge in [-0.25, -0.2) is 4.79 Å². The molecule has 9 heteroatoms. The van der Waals surface area contributed by atoms with Gasteiger partial charge in [0.2, 0.25) is 0 Å². The molecule has 3 N–H and O–H groups in total. The van der Waals surface area contributed by atoms with Gasteiger partial charge in [-0.05, 0) is 60.3 Å². The Hall–Kier alpha value is -2.98. The first-order valence-corrected chi connectivity index (χ1v) is 15.5. The fraction of sp³-hybridized carbons (Fsp3) is 0.588. The highest BCUT2D eigenvalue weighted by Crippen LogP contribution is 2.53. The molecule has 2 aromatic carbocycles. The molecule has 3 aliphatic rings. The number of nitrogens with one attached hydrogen (secondary N) is 2. The third-order valence-electron chi connectivity index (χ3n) is 9.18. The maximum Gasteiger partial charge on any atom is 0.325 e. The average molecular weight is 594 g/mol. The van der Waals surface area contributed by atoms with Crippen LogP contribution in [0.3, 0.4) is 0 Å². The van der Waals surface area contributed by atoms with Gasteiger partial charge in [-0.1, -0.05) is 64.1 Å². The minimum atomic E-state index is -0.637. The first-order chi connectivity index (χ1) is 20.5. The van der Waals surface area contributed by atoms with Crippen LogP contribution in [0.1, 0.15) is 83.0 Å². The lowest BCUT2D eigenvalue weighted by atomic mass is 9.65. The average Bonchev–Trinajstić information content (AvgIpc) is 3.20. The summed E-state index contributed by atoms with van der Waals surface area (Å²) in [6, 6.07) is 15.4. The highest BCUT2D eigenvalue weighted by molar-refractivity contribution is 5.91. The molecule has 2 aromatic rings. The molecule has 2 unspecified atom stereocenters. The number of likely N-dealkylation sites (tertiary alicyclic amines) is 1. The van der Waals surface area contributed by atoms with E-state index < -0.39 is 18.3 Å². The van der Waals surface area contributed by atoms with E-state index in [1.165, 1.54) is 19.3 Å². The van der Waals surface area contributed by atoms with E-state index in [9.17, 15) is 14.7 Å². The van der Waals surface area contributed by atoms with Crippen molar-refractivity contribution in [3.8, 4) is 0 Å². The number of carbonyl (C=O) groups is 2. The zero-order valence-electron chi connectivity index (χ0n) is 26.1. The number of benzene rings is 2. The van der Waals surface area contributed by atoms with Crippen LogP contribution in [0, 0.1) is 16.7 Å². The molecule has 2 heterocycles. The van der Waals surface area contributed by atoms with Crippen molar-refractivity contribution in [3.63, 3.8) is 0 Å². The Morgan fingerprint density at radius 1 is 1.07 bits per heavy atom. The number of fused-ring (bicyclic) bond motifs is 2. The first-order valence-electron chi connectivity index (χ1n) is 15.5. The van der Waals surface area contributed by atoms with Crippen LogP contribution in [0.15, 0.2) is 48.5 Å². The summed E-state index contributed by atoms with van der Waals surface area (Å²) >= 11 is 0. The molecule has 234 valence electrons. The van der Waals surface area contributed by atoms with Gasteiger partial charge in [0, 0.05) is 36.3 Å². The van der Waals surface area contributed by atoms with Crippen molar-refractivity contribution >= 4 is 17.7 Å². The lowest BCUT2D eigenvalue weighted by Crippen LogP contribution is -2.46. The van der Waals surface area contributed by atoms with E-state index in [2.05, 4.69) is 43.2 Å². The molecule has 0 spiro atoms. The number of urea groups is 1. The summed E-state index contributed by atoms with van der Waals surface area (Å²) in [5, 5.41) is 14.9. The van der Waals surface area contributed by atoms with Crippen molar-refractivity contribution in [1.82, 2.24) is 10.2 Å². The van der Waals surface area contributed by atoms with E-state index in [0.717, 1.165) is 29.8 Å². The highest BCUT2D eigenvalue weighted by Gasteiger charge is 2.51.